The number of nitrogens with two attached hydrogens (primary N) is 1. The van der Waals surface area contributed by atoms with Crippen LogP contribution in [0.3, 0.4) is 0 Å². The van der Waals surface area contributed by atoms with Crippen LogP contribution in [0.25, 0.3) is 0 Å². The van der Waals surface area contributed by atoms with Crippen LogP contribution >= 0.6 is 15.9 Å². The third kappa shape index (κ3) is 2.31. The molecule has 0 aliphatic heterocycles. The van der Waals surface area contributed by atoms with Crippen molar-refractivity contribution in [3.63, 3.8) is 0 Å². The maximum Gasteiger partial charge on any atom is 0.0632 e. The van der Waals surface area contributed by atoms with E-state index >= 15 is 0 Å². The number of halogens is 1. The van der Waals surface area contributed by atoms with Crippen molar-refractivity contribution >= 4 is 15.9 Å². The molecule has 1 aromatic heterocycles. The minimum absolute atomic E-state index is 0.506. The summed E-state index contributed by atoms with van der Waals surface area (Å²) in [6.45, 7) is 2.83. The molecule has 4 heteroatoms. The Balaban J connectivity index is 2.56. The standard InChI is InChI=1S/C7H12BrN3/c1-5(3-9)2-7-6(8)4-10-11-7/h4-5H,2-3,9H2,1H3,(H,10,11). The molecule has 1 unspecified atom stereocenters. The molecule has 0 radical (unpaired) electrons. The van der Waals surface area contributed by atoms with Crippen LogP contribution in [0.1, 0.15) is 12.6 Å². The largest absolute Gasteiger partial charge is 0.330 e. The van der Waals surface area contributed by atoms with Crippen LogP contribution in [0.5, 0.6) is 0 Å². The monoisotopic (exact) mass is 217 g/mol. The summed E-state index contributed by atoms with van der Waals surface area (Å²) in [5.74, 6) is 0.506. The average molecular weight is 218 g/mol. The number of nitrogens with zero attached hydrogens (tertiary/aromatic N) is 1. The highest BCUT2D eigenvalue weighted by molar-refractivity contribution is 9.10. The fraction of sp³-hybridized carbons (Fsp3) is 0.571. The van der Waals surface area contributed by atoms with E-state index in [4.69, 9.17) is 5.73 Å². The van der Waals surface area contributed by atoms with Gasteiger partial charge in [0, 0.05) is 5.69 Å². The summed E-state index contributed by atoms with van der Waals surface area (Å²) in [6, 6.07) is 0. The van der Waals surface area contributed by atoms with Crippen molar-refractivity contribution in [2.45, 2.75) is 13.3 Å². The van der Waals surface area contributed by atoms with Gasteiger partial charge in [-0.25, -0.2) is 0 Å². The molecule has 1 aromatic rings. The van der Waals surface area contributed by atoms with Crippen molar-refractivity contribution in [1.82, 2.24) is 10.2 Å². The Morgan fingerprint density at radius 2 is 2.55 bits per heavy atom. The Morgan fingerprint density at radius 1 is 1.82 bits per heavy atom. The van der Waals surface area contributed by atoms with Crippen molar-refractivity contribution in [3.05, 3.63) is 16.4 Å². The van der Waals surface area contributed by atoms with E-state index < -0.39 is 0 Å². The second kappa shape index (κ2) is 3.88. The molecule has 11 heavy (non-hydrogen) atoms. The molecule has 1 heterocycles. The lowest BCUT2D eigenvalue weighted by molar-refractivity contribution is 0.582. The van der Waals surface area contributed by atoms with Crippen molar-refractivity contribution in [1.29, 1.82) is 0 Å². The Labute approximate surface area is 74.5 Å². The third-order valence-corrected chi connectivity index (χ3v) is 2.30. The van der Waals surface area contributed by atoms with Gasteiger partial charge in [0.2, 0.25) is 0 Å². The van der Waals surface area contributed by atoms with Gasteiger partial charge >= 0.3 is 0 Å². The van der Waals surface area contributed by atoms with E-state index in [2.05, 4.69) is 33.1 Å². The summed E-state index contributed by atoms with van der Waals surface area (Å²) in [6.07, 6.45) is 2.72. The van der Waals surface area contributed by atoms with Crippen molar-refractivity contribution in [2.75, 3.05) is 6.54 Å². The molecule has 62 valence electrons. The van der Waals surface area contributed by atoms with Crippen LogP contribution in [0.15, 0.2) is 10.7 Å². The Morgan fingerprint density at radius 3 is 3.00 bits per heavy atom. The lowest BCUT2D eigenvalue weighted by atomic mass is 10.1. The van der Waals surface area contributed by atoms with Crippen LogP contribution in [0.2, 0.25) is 0 Å². The maximum absolute atomic E-state index is 5.49. The SMILES string of the molecule is CC(CN)Cc1[nH]ncc1Br. The Kier molecular flexibility index (Phi) is 3.08. The topological polar surface area (TPSA) is 54.7 Å². The first-order chi connectivity index (χ1) is 5.24. The number of aromatic amines is 1. The quantitative estimate of drug-likeness (QED) is 0.803. The normalized spacial score (nSPS) is 13.4. The van der Waals surface area contributed by atoms with E-state index in [-0.39, 0.29) is 0 Å². The highest BCUT2D eigenvalue weighted by Gasteiger charge is 2.05. The molecule has 0 saturated heterocycles. The van der Waals surface area contributed by atoms with Gasteiger partial charge in [0.15, 0.2) is 0 Å². The number of hydrogen-bond acceptors (Lipinski definition) is 2. The molecule has 3 nitrogen and oxygen atoms in total. The van der Waals surface area contributed by atoms with Gasteiger partial charge < -0.3 is 5.73 Å². The van der Waals surface area contributed by atoms with E-state index in [1.807, 2.05) is 0 Å². The first-order valence-corrected chi connectivity index (χ1v) is 4.41. The van der Waals surface area contributed by atoms with Crippen LogP contribution in [-0.4, -0.2) is 16.7 Å². The molecule has 0 aliphatic rings. The average Bonchev–Trinajstić information content (AvgIpc) is 2.37. The second-order valence-electron chi connectivity index (χ2n) is 2.74. The third-order valence-electron chi connectivity index (χ3n) is 1.62. The van der Waals surface area contributed by atoms with Gasteiger partial charge in [0.25, 0.3) is 0 Å². The number of rotatable bonds is 3. The van der Waals surface area contributed by atoms with Crippen LogP contribution in [0.4, 0.5) is 0 Å². The summed E-state index contributed by atoms with van der Waals surface area (Å²) in [7, 11) is 0. The molecule has 0 aromatic carbocycles. The summed E-state index contributed by atoms with van der Waals surface area (Å²) in [5, 5.41) is 6.81. The summed E-state index contributed by atoms with van der Waals surface area (Å²) in [5.41, 5.74) is 6.62. The van der Waals surface area contributed by atoms with Crippen molar-refractivity contribution in [2.24, 2.45) is 11.7 Å². The predicted octanol–water partition coefficient (Wildman–Crippen LogP) is 1.31. The fourth-order valence-corrected chi connectivity index (χ4v) is 1.23. The van der Waals surface area contributed by atoms with Gasteiger partial charge in [0.05, 0.1) is 10.7 Å². The highest BCUT2D eigenvalue weighted by atomic mass is 79.9. The smallest absolute Gasteiger partial charge is 0.0632 e. The van der Waals surface area contributed by atoms with Gasteiger partial charge in [-0.05, 0) is 34.8 Å². The molecule has 0 bridgehead atoms. The number of nitrogens with one attached hydrogen (secondary N) is 1. The zero-order valence-corrected chi connectivity index (χ0v) is 8.06. The molecule has 0 amide bonds. The fourth-order valence-electron chi connectivity index (χ4n) is 0.873. The van der Waals surface area contributed by atoms with E-state index in [0.29, 0.717) is 12.5 Å². The van der Waals surface area contributed by atoms with Gasteiger partial charge in [-0.2, -0.15) is 5.10 Å². The van der Waals surface area contributed by atoms with E-state index in [9.17, 15) is 0 Å². The highest BCUT2D eigenvalue weighted by Crippen LogP contribution is 2.15. The molecular weight excluding hydrogens is 206 g/mol. The molecule has 0 spiro atoms. The van der Waals surface area contributed by atoms with E-state index in [1.165, 1.54) is 0 Å². The number of hydrogen-bond donors (Lipinski definition) is 2. The summed E-state index contributed by atoms with van der Waals surface area (Å²) >= 11 is 3.39. The zero-order chi connectivity index (χ0) is 8.27. The first-order valence-electron chi connectivity index (χ1n) is 3.62. The van der Waals surface area contributed by atoms with Crippen LogP contribution in [-0.2, 0) is 6.42 Å². The van der Waals surface area contributed by atoms with Crippen molar-refractivity contribution in [3.8, 4) is 0 Å². The zero-order valence-electron chi connectivity index (χ0n) is 6.47. The second-order valence-corrected chi connectivity index (χ2v) is 3.60. The molecule has 0 saturated carbocycles. The van der Waals surface area contributed by atoms with Gasteiger partial charge in [0.1, 0.15) is 0 Å². The maximum atomic E-state index is 5.49. The summed E-state index contributed by atoms with van der Waals surface area (Å²) < 4.78 is 1.04. The van der Waals surface area contributed by atoms with Gasteiger partial charge in [-0.1, -0.05) is 6.92 Å². The number of aromatic nitrogens is 2. The molecule has 3 N–H and O–H groups in total. The van der Waals surface area contributed by atoms with E-state index in [1.54, 1.807) is 6.20 Å². The van der Waals surface area contributed by atoms with Gasteiger partial charge in [-0.15, -0.1) is 0 Å². The molecule has 0 aliphatic carbocycles. The van der Waals surface area contributed by atoms with Crippen LogP contribution in [0, 0.1) is 5.92 Å². The first kappa shape index (κ1) is 8.74. The minimum atomic E-state index is 0.506. The molecule has 0 fully saturated rings. The Hall–Kier alpha value is -0.350. The van der Waals surface area contributed by atoms with Gasteiger partial charge in [-0.3, -0.25) is 5.10 Å². The molecule has 1 atom stereocenters. The van der Waals surface area contributed by atoms with Crippen LogP contribution < -0.4 is 5.73 Å². The van der Waals surface area contributed by atoms with E-state index in [0.717, 1.165) is 16.6 Å². The minimum Gasteiger partial charge on any atom is -0.330 e. The lowest BCUT2D eigenvalue weighted by Crippen LogP contribution is -2.13. The van der Waals surface area contributed by atoms with Crippen molar-refractivity contribution < 1.29 is 0 Å². The number of H-pyrrole nitrogens is 1. The summed E-state index contributed by atoms with van der Waals surface area (Å²) in [4.78, 5) is 0. The molecular formula is C7H12BrN3. The molecule has 1 rings (SSSR count). The Bertz CT molecular complexity index is 221. The predicted molar refractivity (Wildman–Crippen MR) is 48.2 cm³/mol. The lowest BCUT2D eigenvalue weighted by Gasteiger charge is -2.05.